The Morgan fingerprint density at radius 3 is 2.47 bits per heavy atom. The molecule has 0 saturated carbocycles. The Bertz CT molecular complexity index is 1120. The lowest BCUT2D eigenvalue weighted by molar-refractivity contribution is -0.118. The third-order valence-electron chi connectivity index (χ3n) is 4.66. The molecule has 8 nitrogen and oxygen atoms in total. The van der Waals surface area contributed by atoms with Crippen LogP contribution in [-0.4, -0.2) is 44.7 Å². The number of nitrogens with zero attached hydrogens (tertiary/aromatic N) is 1. The molecule has 2 amide bonds. The average molecular weight is 452 g/mol. The zero-order valence-electron chi connectivity index (χ0n) is 17.0. The maximum Gasteiger partial charge on any atom is 0.262 e. The Morgan fingerprint density at radius 1 is 1.20 bits per heavy atom. The summed E-state index contributed by atoms with van der Waals surface area (Å²) in [6.07, 6.45) is 0. The van der Waals surface area contributed by atoms with Crippen molar-refractivity contribution in [2.24, 2.45) is 0 Å². The molecule has 2 aromatic rings. The molecule has 0 radical (unpaired) electrons. The summed E-state index contributed by atoms with van der Waals surface area (Å²) in [7, 11) is -2.79. The number of rotatable bonds is 5. The third kappa shape index (κ3) is 4.43. The van der Waals surface area contributed by atoms with E-state index < -0.39 is 22.5 Å². The third-order valence-corrected chi connectivity index (χ3v) is 6.93. The molecule has 30 heavy (non-hydrogen) atoms. The summed E-state index contributed by atoms with van der Waals surface area (Å²) in [6.45, 7) is 5.09. The first-order valence-corrected chi connectivity index (χ1v) is 10.9. The number of halogens is 1. The maximum absolute atomic E-state index is 13.0. The van der Waals surface area contributed by atoms with Crippen LogP contribution in [0.25, 0.3) is 0 Å². The first-order valence-electron chi connectivity index (χ1n) is 9.09. The lowest BCUT2D eigenvalue weighted by Crippen LogP contribution is -2.35. The number of anilines is 2. The highest BCUT2D eigenvalue weighted by molar-refractivity contribution is 7.89. The number of ether oxygens (including phenoxy) is 1. The van der Waals surface area contributed by atoms with Crippen LogP contribution in [-0.2, 0) is 19.6 Å². The Hall–Kier alpha value is -2.62. The van der Waals surface area contributed by atoms with E-state index in [2.05, 4.69) is 10.6 Å². The summed E-state index contributed by atoms with van der Waals surface area (Å²) < 4.78 is 32.2. The molecule has 2 aromatic carbocycles. The zero-order chi connectivity index (χ0) is 22.2. The molecule has 0 aliphatic carbocycles. The molecule has 0 saturated heterocycles. The Labute approximate surface area is 180 Å². The average Bonchev–Trinajstić information content (AvgIpc) is 2.63. The molecule has 3 rings (SSSR count). The van der Waals surface area contributed by atoms with Gasteiger partial charge in [0.1, 0.15) is 10.6 Å². The molecule has 0 aromatic heterocycles. The Balaban J connectivity index is 1.80. The summed E-state index contributed by atoms with van der Waals surface area (Å²) >= 11 is 6.15. The topological polar surface area (TPSA) is 105 Å². The van der Waals surface area contributed by atoms with Crippen molar-refractivity contribution in [3.8, 4) is 5.75 Å². The molecule has 2 N–H and O–H groups in total. The van der Waals surface area contributed by atoms with Gasteiger partial charge in [-0.1, -0.05) is 29.3 Å². The van der Waals surface area contributed by atoms with Gasteiger partial charge in [0.15, 0.2) is 6.61 Å². The van der Waals surface area contributed by atoms with E-state index in [-0.39, 0.29) is 28.2 Å². The molecule has 1 aliphatic heterocycles. The van der Waals surface area contributed by atoms with Crippen LogP contribution in [0.2, 0.25) is 5.02 Å². The largest absolute Gasteiger partial charge is 0.482 e. The smallest absolute Gasteiger partial charge is 0.262 e. The first kappa shape index (κ1) is 22.1. The fourth-order valence-electron chi connectivity index (χ4n) is 3.29. The van der Waals surface area contributed by atoms with Crippen molar-refractivity contribution in [1.29, 1.82) is 0 Å². The monoisotopic (exact) mass is 451 g/mol. The fourth-order valence-corrected chi connectivity index (χ4v) is 4.93. The molecule has 0 spiro atoms. The van der Waals surface area contributed by atoms with Gasteiger partial charge in [-0.2, -0.15) is 4.31 Å². The van der Waals surface area contributed by atoms with Crippen LogP contribution in [0.4, 0.5) is 11.4 Å². The van der Waals surface area contributed by atoms with Crippen LogP contribution in [0.5, 0.6) is 5.75 Å². The van der Waals surface area contributed by atoms with Gasteiger partial charge in [-0.3, -0.25) is 9.59 Å². The van der Waals surface area contributed by atoms with Gasteiger partial charge in [0.2, 0.25) is 15.9 Å². The van der Waals surface area contributed by atoms with E-state index in [4.69, 9.17) is 16.3 Å². The predicted octanol–water partition coefficient (Wildman–Crippen LogP) is 2.86. The minimum atomic E-state index is -4.08. The maximum atomic E-state index is 13.0. The van der Waals surface area contributed by atoms with Gasteiger partial charge in [-0.15, -0.1) is 0 Å². The minimum absolute atomic E-state index is 0.0861. The van der Waals surface area contributed by atoms with Gasteiger partial charge in [-0.05, 0) is 38.0 Å². The normalized spacial score (nSPS) is 13.5. The lowest BCUT2D eigenvalue weighted by atomic mass is 10.1. The number of fused-ring (bicyclic) bond motifs is 1. The number of carbonyl (C=O) groups is 2. The van der Waals surface area contributed by atoms with Crippen LogP contribution >= 0.6 is 11.6 Å². The number of carbonyl (C=O) groups excluding carboxylic acids is 2. The van der Waals surface area contributed by atoms with E-state index in [0.717, 1.165) is 21.0 Å². The molecule has 0 fully saturated rings. The molecule has 0 bridgehead atoms. The molecule has 0 atom stereocenters. The van der Waals surface area contributed by atoms with Crippen LogP contribution in [0.15, 0.2) is 29.2 Å². The van der Waals surface area contributed by atoms with Crippen LogP contribution in [0.3, 0.4) is 0 Å². The lowest BCUT2D eigenvalue weighted by Gasteiger charge is -2.22. The summed E-state index contributed by atoms with van der Waals surface area (Å²) in [5.41, 5.74) is 3.81. The highest BCUT2D eigenvalue weighted by atomic mass is 35.5. The van der Waals surface area contributed by atoms with E-state index in [1.165, 1.54) is 19.2 Å². The van der Waals surface area contributed by atoms with E-state index in [1.54, 1.807) is 0 Å². The van der Waals surface area contributed by atoms with Crippen molar-refractivity contribution < 1.29 is 22.7 Å². The predicted molar refractivity (Wildman–Crippen MR) is 115 cm³/mol. The Kier molecular flexibility index (Phi) is 6.07. The van der Waals surface area contributed by atoms with Crippen LogP contribution < -0.4 is 15.4 Å². The van der Waals surface area contributed by atoms with Crippen molar-refractivity contribution in [1.82, 2.24) is 4.31 Å². The van der Waals surface area contributed by atoms with Crippen molar-refractivity contribution in [3.05, 3.63) is 46.0 Å². The number of aryl methyl sites for hydroxylation is 3. The molecule has 10 heteroatoms. The number of hydrogen-bond acceptors (Lipinski definition) is 5. The standard InChI is InChI=1S/C20H22ClN3O5S/c1-11-5-12(2)20(13(3)6-11)23-18(25)9-24(4)30(27,28)17-8-16-15(7-14(17)21)22-19(26)10-29-16/h5-8H,9-10H2,1-4H3,(H,22,26)(H,23,25). The van der Waals surface area contributed by atoms with E-state index >= 15 is 0 Å². The van der Waals surface area contributed by atoms with Crippen molar-refractivity contribution in [3.63, 3.8) is 0 Å². The van der Waals surface area contributed by atoms with Gasteiger partial charge in [0.25, 0.3) is 5.91 Å². The molecule has 1 heterocycles. The van der Waals surface area contributed by atoms with Crippen LogP contribution in [0.1, 0.15) is 16.7 Å². The summed E-state index contributed by atoms with van der Waals surface area (Å²) in [5, 5.41) is 5.25. The number of hydrogen-bond donors (Lipinski definition) is 2. The second-order valence-corrected chi connectivity index (χ2v) is 9.62. The van der Waals surface area contributed by atoms with Crippen molar-refractivity contribution in [2.75, 3.05) is 30.8 Å². The number of sulfonamides is 1. The second kappa shape index (κ2) is 8.25. The second-order valence-electron chi connectivity index (χ2n) is 7.20. The zero-order valence-corrected chi connectivity index (χ0v) is 18.6. The van der Waals surface area contributed by atoms with Gasteiger partial charge >= 0.3 is 0 Å². The van der Waals surface area contributed by atoms with E-state index in [0.29, 0.717) is 11.4 Å². The quantitative estimate of drug-likeness (QED) is 0.727. The summed E-state index contributed by atoms with van der Waals surface area (Å²) in [4.78, 5) is 23.7. The van der Waals surface area contributed by atoms with Crippen LogP contribution in [0, 0.1) is 20.8 Å². The number of likely N-dealkylation sites (N-methyl/N-ethyl adjacent to an activating group) is 1. The number of nitrogens with one attached hydrogen (secondary N) is 2. The van der Waals surface area contributed by atoms with E-state index in [9.17, 15) is 18.0 Å². The molecular formula is C20H22ClN3O5S. The molecular weight excluding hydrogens is 430 g/mol. The first-order chi connectivity index (χ1) is 14.0. The summed E-state index contributed by atoms with van der Waals surface area (Å²) in [5.74, 6) is -0.639. The van der Waals surface area contributed by atoms with Gasteiger partial charge in [0.05, 0.1) is 17.3 Å². The molecule has 1 aliphatic rings. The highest BCUT2D eigenvalue weighted by Gasteiger charge is 2.29. The van der Waals surface area contributed by atoms with Crippen molar-refractivity contribution >= 4 is 44.8 Å². The Morgan fingerprint density at radius 2 is 1.83 bits per heavy atom. The molecule has 160 valence electrons. The molecule has 0 unspecified atom stereocenters. The highest BCUT2D eigenvalue weighted by Crippen LogP contribution is 2.36. The van der Waals surface area contributed by atoms with Crippen molar-refractivity contribution in [2.45, 2.75) is 25.7 Å². The van der Waals surface area contributed by atoms with Gasteiger partial charge < -0.3 is 15.4 Å². The van der Waals surface area contributed by atoms with E-state index in [1.807, 2.05) is 32.9 Å². The summed E-state index contributed by atoms with van der Waals surface area (Å²) in [6, 6.07) is 6.44. The SMILES string of the molecule is Cc1cc(C)c(NC(=O)CN(C)S(=O)(=O)c2cc3c(cc2Cl)NC(=O)CO3)c(C)c1. The minimum Gasteiger partial charge on any atom is -0.482 e. The number of benzene rings is 2. The van der Waals surface area contributed by atoms with Gasteiger partial charge in [0, 0.05) is 18.8 Å². The van der Waals surface area contributed by atoms with Gasteiger partial charge in [-0.25, -0.2) is 8.42 Å². The number of amides is 2. The fraction of sp³-hybridized carbons (Fsp3) is 0.300.